The average Bonchev–Trinajstić information content (AvgIpc) is 1.58. The number of fused-ring (bicyclic) bond motifs is 12. The molecule has 6 heteroatoms. The summed E-state index contributed by atoms with van der Waals surface area (Å²) in [5.41, 5.74) is 33.2. The molecule has 2 aliphatic carbocycles. The summed E-state index contributed by atoms with van der Waals surface area (Å²) in [5, 5.41) is 4.30. The summed E-state index contributed by atoms with van der Waals surface area (Å²) < 4.78 is 13.2. The van der Waals surface area contributed by atoms with Gasteiger partial charge < -0.3 is 18.6 Å². The van der Waals surface area contributed by atoms with Gasteiger partial charge in [-0.25, -0.2) is 9.97 Å². The third-order valence-electron chi connectivity index (χ3n) is 22.4. The molecule has 18 aromatic rings. The fourth-order valence-corrected chi connectivity index (χ4v) is 16.9. The van der Waals surface area contributed by atoms with E-state index in [0.717, 1.165) is 134 Å². The van der Waals surface area contributed by atoms with Gasteiger partial charge in [-0.05, 0) is 232 Å². The Labute approximate surface area is 616 Å². The zero-order valence-electron chi connectivity index (χ0n) is 59.1. The van der Waals surface area contributed by atoms with Gasteiger partial charge in [-0.15, -0.1) is 0 Å². The molecule has 0 aliphatic heterocycles. The van der Waals surface area contributed by atoms with Crippen LogP contribution in [0.2, 0.25) is 0 Å². The van der Waals surface area contributed by atoms with Crippen molar-refractivity contribution < 1.29 is 8.83 Å². The third kappa shape index (κ3) is 10.4. The quantitative estimate of drug-likeness (QED) is 0.115. The van der Waals surface area contributed by atoms with Crippen molar-refractivity contribution in [3.05, 3.63) is 374 Å². The molecule has 2 aromatic heterocycles. The summed E-state index contributed by atoms with van der Waals surface area (Å²) in [6.07, 6.45) is 0. The molecule has 106 heavy (non-hydrogen) atoms. The molecule has 502 valence electrons. The Hall–Kier alpha value is -13.4. The van der Waals surface area contributed by atoms with Crippen LogP contribution in [0.3, 0.4) is 0 Å². The normalized spacial score (nSPS) is 13.1. The van der Waals surface area contributed by atoms with Gasteiger partial charge in [0, 0.05) is 66.9 Å². The van der Waals surface area contributed by atoms with Crippen molar-refractivity contribution in [1.82, 2.24) is 9.97 Å². The summed E-state index contributed by atoms with van der Waals surface area (Å²) in [5.74, 6) is 1.20. The number of hydrogen-bond donors (Lipinski definition) is 0. The van der Waals surface area contributed by atoms with Crippen LogP contribution < -0.4 is 9.80 Å². The maximum Gasteiger partial charge on any atom is 0.227 e. The van der Waals surface area contributed by atoms with E-state index in [1.54, 1.807) is 0 Å². The van der Waals surface area contributed by atoms with Crippen LogP contribution in [0.5, 0.6) is 0 Å². The molecule has 0 saturated carbocycles. The molecule has 0 unspecified atom stereocenters. The maximum atomic E-state index is 6.87. The van der Waals surface area contributed by atoms with Gasteiger partial charge in [-0.3, -0.25) is 0 Å². The molecular weight excluding hydrogens is 1290 g/mol. The van der Waals surface area contributed by atoms with Gasteiger partial charge in [-0.2, -0.15) is 0 Å². The summed E-state index contributed by atoms with van der Waals surface area (Å²) in [6, 6.07) is 127. The monoisotopic (exact) mass is 1360 g/mol. The van der Waals surface area contributed by atoms with Crippen LogP contribution >= 0.6 is 0 Å². The zero-order chi connectivity index (χ0) is 70.8. The van der Waals surface area contributed by atoms with Crippen LogP contribution in [0.15, 0.2) is 361 Å². The molecule has 0 amide bonds. The third-order valence-corrected chi connectivity index (χ3v) is 22.4. The molecule has 16 aromatic carbocycles. The number of oxazole rings is 2. The molecule has 0 N–H and O–H groups in total. The number of hydrogen-bond acceptors (Lipinski definition) is 6. The first-order chi connectivity index (χ1) is 52.0. The van der Waals surface area contributed by atoms with E-state index >= 15 is 0 Å². The van der Waals surface area contributed by atoms with E-state index in [0.29, 0.717) is 11.8 Å². The van der Waals surface area contributed by atoms with Gasteiger partial charge in [0.1, 0.15) is 11.0 Å². The number of nitrogens with zero attached hydrogens (tertiary/aromatic N) is 4. The number of benzene rings is 16. The van der Waals surface area contributed by atoms with Crippen LogP contribution in [0.25, 0.3) is 145 Å². The average molecular weight is 1360 g/mol. The Kier molecular flexibility index (Phi) is 14.5. The molecule has 0 bridgehead atoms. The summed E-state index contributed by atoms with van der Waals surface area (Å²) >= 11 is 0. The Morgan fingerprint density at radius 1 is 0.236 bits per heavy atom. The molecule has 6 nitrogen and oxygen atoms in total. The SMILES string of the molecule is CC1(C)c2ccccc2-c2cc(N(c3ccc(-c4cccc(-c5cccc(-c6nc7ccc8c(-c9ccc(N(c%10ccc(-c%11ccccc%11)cc%10)c%10ccc%11c(c%10)-c%10ccccc%10C%11(C)C)cc9)cccc8c7o6)c5)c4)cc3)c3ccc(-c4cccc5c4ccc4oc(-c6ccccc6)nc45)cc3)ccc21. The van der Waals surface area contributed by atoms with Gasteiger partial charge in [-0.1, -0.05) is 258 Å². The second-order valence-corrected chi connectivity index (χ2v) is 29.2. The topological polar surface area (TPSA) is 58.5 Å². The molecular formula is C100H70N4O2. The number of rotatable bonds is 13. The molecule has 0 radical (unpaired) electrons. The number of anilines is 6. The highest BCUT2D eigenvalue weighted by atomic mass is 16.4. The first-order valence-corrected chi connectivity index (χ1v) is 36.5. The predicted octanol–water partition coefficient (Wildman–Crippen LogP) is 27.5. The van der Waals surface area contributed by atoms with E-state index in [9.17, 15) is 0 Å². The van der Waals surface area contributed by atoms with Crippen LogP contribution in [0.1, 0.15) is 49.9 Å². The lowest BCUT2D eigenvalue weighted by Crippen LogP contribution is -2.15. The zero-order valence-corrected chi connectivity index (χ0v) is 59.1. The molecule has 0 spiro atoms. The Morgan fingerprint density at radius 2 is 0.613 bits per heavy atom. The van der Waals surface area contributed by atoms with Crippen LogP contribution in [-0.2, 0) is 10.8 Å². The van der Waals surface area contributed by atoms with E-state index in [-0.39, 0.29) is 10.8 Å². The van der Waals surface area contributed by atoms with E-state index in [4.69, 9.17) is 18.8 Å². The van der Waals surface area contributed by atoms with E-state index in [1.807, 2.05) is 30.3 Å². The van der Waals surface area contributed by atoms with Crippen molar-refractivity contribution >= 4 is 77.9 Å². The van der Waals surface area contributed by atoms with Gasteiger partial charge >= 0.3 is 0 Å². The van der Waals surface area contributed by atoms with E-state index in [2.05, 4.69) is 359 Å². The van der Waals surface area contributed by atoms with E-state index in [1.165, 1.54) is 55.6 Å². The second-order valence-electron chi connectivity index (χ2n) is 29.2. The molecule has 2 heterocycles. The fourth-order valence-electron chi connectivity index (χ4n) is 16.9. The maximum absolute atomic E-state index is 6.87. The van der Waals surface area contributed by atoms with Gasteiger partial charge in [0.2, 0.25) is 11.8 Å². The first-order valence-electron chi connectivity index (χ1n) is 36.5. The standard InChI is InChI=1S/C100H70N4O2/c1-99(2)89-33-13-11-27-83(89)87-61-77(51-55-91(87)99)103(73-43-35-64(36-44-73)63-19-7-5-8-20-63)76-49-41-67(42-50-76)80-30-18-32-86-82(80)53-57-93-96(86)106-98(101-93)72-26-16-25-71(60-72)70-24-15-23-69(59-70)65-37-45-74(46-38-65)104(78-52-56-92-88(62-78)84-28-12-14-34-90(84)100(92,3)4)75-47-39-66(40-48-75)79-29-17-31-85-81(79)54-58-94-95(85)102-97(105-94)68-21-9-6-10-22-68/h5-62H,1-4H3. The lowest BCUT2D eigenvalue weighted by molar-refractivity contribution is 0.620. The Morgan fingerprint density at radius 3 is 1.16 bits per heavy atom. The number of aromatic nitrogens is 2. The summed E-state index contributed by atoms with van der Waals surface area (Å²) in [4.78, 5) is 15.0. The molecule has 0 saturated heterocycles. The van der Waals surface area contributed by atoms with E-state index < -0.39 is 0 Å². The minimum atomic E-state index is -0.114. The minimum Gasteiger partial charge on any atom is -0.436 e. The Balaban J connectivity index is 0.593. The smallest absolute Gasteiger partial charge is 0.227 e. The van der Waals surface area contributed by atoms with Crippen LogP contribution in [0, 0.1) is 0 Å². The van der Waals surface area contributed by atoms with Crippen molar-refractivity contribution in [3.63, 3.8) is 0 Å². The van der Waals surface area contributed by atoms with Crippen molar-refractivity contribution in [2.45, 2.75) is 38.5 Å². The van der Waals surface area contributed by atoms with Gasteiger partial charge in [0.25, 0.3) is 0 Å². The molecule has 0 fully saturated rings. The highest BCUT2D eigenvalue weighted by molar-refractivity contribution is 6.11. The van der Waals surface area contributed by atoms with Crippen LogP contribution in [0.4, 0.5) is 34.1 Å². The summed E-state index contributed by atoms with van der Waals surface area (Å²) in [6.45, 7) is 9.36. The first kappa shape index (κ1) is 62.4. The lowest BCUT2D eigenvalue weighted by atomic mass is 9.82. The van der Waals surface area contributed by atoms with Crippen molar-refractivity contribution in [1.29, 1.82) is 0 Å². The molecule has 0 atom stereocenters. The summed E-state index contributed by atoms with van der Waals surface area (Å²) in [7, 11) is 0. The lowest BCUT2D eigenvalue weighted by Gasteiger charge is -2.27. The Bertz CT molecular complexity index is 6490. The fraction of sp³-hybridized carbons (Fsp3) is 0.0600. The van der Waals surface area contributed by atoms with Crippen molar-refractivity contribution in [3.8, 4) is 101 Å². The minimum absolute atomic E-state index is 0.0877. The molecule has 20 rings (SSSR count). The van der Waals surface area contributed by atoms with Gasteiger partial charge in [0.15, 0.2) is 11.2 Å². The van der Waals surface area contributed by atoms with Crippen molar-refractivity contribution in [2.24, 2.45) is 0 Å². The van der Waals surface area contributed by atoms with Crippen LogP contribution in [-0.4, -0.2) is 9.97 Å². The molecule has 2 aliphatic rings. The van der Waals surface area contributed by atoms with Gasteiger partial charge in [0.05, 0.1) is 0 Å². The second kappa shape index (κ2) is 24.7. The highest BCUT2D eigenvalue weighted by Gasteiger charge is 2.37. The van der Waals surface area contributed by atoms with Crippen molar-refractivity contribution in [2.75, 3.05) is 9.80 Å². The largest absolute Gasteiger partial charge is 0.436 e. The predicted molar refractivity (Wildman–Crippen MR) is 439 cm³/mol. The highest BCUT2D eigenvalue weighted by Crippen LogP contribution is 2.53.